The van der Waals surface area contributed by atoms with Crippen LogP contribution in [0.3, 0.4) is 0 Å². The first-order valence-corrected chi connectivity index (χ1v) is 6.36. The molecule has 1 spiro atoms. The van der Waals surface area contributed by atoms with Gasteiger partial charge in [0.2, 0.25) is 0 Å². The van der Waals surface area contributed by atoms with E-state index in [1.54, 1.807) is 0 Å². The van der Waals surface area contributed by atoms with Gasteiger partial charge < -0.3 is 0 Å². The van der Waals surface area contributed by atoms with E-state index in [4.69, 9.17) is 0 Å². The van der Waals surface area contributed by atoms with E-state index in [1.807, 2.05) is 6.08 Å². The van der Waals surface area contributed by atoms with E-state index in [1.165, 1.54) is 5.57 Å². The van der Waals surface area contributed by atoms with Crippen LogP contribution in [0, 0.1) is 23.2 Å². The predicted molar refractivity (Wildman–Crippen MR) is 67.1 cm³/mol. The summed E-state index contributed by atoms with van der Waals surface area (Å²) in [7, 11) is 0. The average Bonchev–Trinajstić information content (AvgIpc) is 2.59. The second-order valence-corrected chi connectivity index (χ2v) is 5.84. The third-order valence-electron chi connectivity index (χ3n) is 4.61. The molecule has 0 N–H and O–H groups in total. The zero-order chi connectivity index (χ0) is 11.9. The molecule has 0 aliphatic heterocycles. The lowest BCUT2D eigenvalue weighted by Crippen LogP contribution is -2.40. The van der Waals surface area contributed by atoms with Crippen LogP contribution in [0.5, 0.6) is 0 Å². The molecule has 2 rings (SSSR count). The van der Waals surface area contributed by atoms with Crippen molar-refractivity contribution in [2.75, 3.05) is 0 Å². The molecule has 0 saturated carbocycles. The molecule has 0 aromatic heterocycles. The van der Waals surface area contributed by atoms with Crippen LogP contribution in [-0.4, -0.2) is 5.78 Å². The maximum absolute atomic E-state index is 11.6. The summed E-state index contributed by atoms with van der Waals surface area (Å²) in [5.41, 5.74) is 1.54. The van der Waals surface area contributed by atoms with Crippen molar-refractivity contribution >= 4 is 5.78 Å². The Morgan fingerprint density at radius 2 is 2.12 bits per heavy atom. The third-order valence-corrected chi connectivity index (χ3v) is 4.61. The lowest BCUT2D eigenvalue weighted by molar-refractivity contribution is -0.117. The third kappa shape index (κ3) is 1.49. The fourth-order valence-corrected chi connectivity index (χ4v) is 3.80. The summed E-state index contributed by atoms with van der Waals surface area (Å²) in [6.45, 7) is 8.98. The highest BCUT2D eigenvalue weighted by molar-refractivity contribution is 5.92. The molecule has 0 heterocycles. The van der Waals surface area contributed by atoms with E-state index in [9.17, 15) is 4.79 Å². The first-order valence-electron chi connectivity index (χ1n) is 6.36. The first-order chi connectivity index (χ1) is 7.48. The molecule has 16 heavy (non-hydrogen) atoms. The summed E-state index contributed by atoms with van der Waals surface area (Å²) in [4.78, 5) is 11.6. The Hall–Kier alpha value is -0.850. The van der Waals surface area contributed by atoms with Crippen molar-refractivity contribution in [3.05, 3.63) is 23.8 Å². The summed E-state index contributed by atoms with van der Waals surface area (Å²) in [5.74, 6) is 2.04. The molecule has 0 saturated heterocycles. The molecule has 3 unspecified atom stereocenters. The monoisotopic (exact) mass is 218 g/mol. The van der Waals surface area contributed by atoms with Crippen molar-refractivity contribution in [3.63, 3.8) is 0 Å². The SMILES string of the molecule is CC1=CC(=O)CC(C)C12CC=CC2C(C)C. The molecule has 0 radical (unpaired) electrons. The van der Waals surface area contributed by atoms with Gasteiger partial charge >= 0.3 is 0 Å². The zero-order valence-electron chi connectivity index (χ0n) is 10.8. The van der Waals surface area contributed by atoms with Gasteiger partial charge in [0, 0.05) is 11.8 Å². The summed E-state index contributed by atoms with van der Waals surface area (Å²) in [6.07, 6.45) is 8.42. The lowest BCUT2D eigenvalue weighted by Gasteiger charge is -2.45. The van der Waals surface area contributed by atoms with E-state index in [0.717, 1.165) is 12.8 Å². The van der Waals surface area contributed by atoms with Crippen molar-refractivity contribution in [3.8, 4) is 0 Å². The van der Waals surface area contributed by atoms with Crippen LogP contribution in [0.4, 0.5) is 0 Å². The van der Waals surface area contributed by atoms with Gasteiger partial charge in [-0.3, -0.25) is 4.79 Å². The molecule has 88 valence electrons. The second kappa shape index (κ2) is 3.87. The summed E-state index contributed by atoms with van der Waals surface area (Å²) >= 11 is 0. The van der Waals surface area contributed by atoms with Gasteiger partial charge in [-0.05, 0) is 37.2 Å². The highest BCUT2D eigenvalue weighted by atomic mass is 16.1. The topological polar surface area (TPSA) is 17.1 Å². The predicted octanol–water partition coefficient (Wildman–Crippen LogP) is 3.76. The highest BCUT2D eigenvalue weighted by Gasteiger charge is 2.48. The van der Waals surface area contributed by atoms with Gasteiger partial charge in [-0.25, -0.2) is 0 Å². The molecule has 0 aromatic rings. The van der Waals surface area contributed by atoms with Gasteiger partial charge in [-0.2, -0.15) is 0 Å². The lowest BCUT2D eigenvalue weighted by atomic mass is 9.58. The minimum atomic E-state index is 0.238. The Morgan fingerprint density at radius 1 is 1.44 bits per heavy atom. The van der Waals surface area contributed by atoms with E-state index in [-0.39, 0.29) is 5.41 Å². The maximum atomic E-state index is 11.6. The highest BCUT2D eigenvalue weighted by Crippen LogP contribution is 2.55. The maximum Gasteiger partial charge on any atom is 0.155 e. The second-order valence-electron chi connectivity index (χ2n) is 5.84. The van der Waals surface area contributed by atoms with E-state index in [0.29, 0.717) is 23.5 Å². The minimum absolute atomic E-state index is 0.238. The Kier molecular flexibility index (Phi) is 2.81. The number of hydrogen-bond acceptors (Lipinski definition) is 1. The van der Waals surface area contributed by atoms with Crippen LogP contribution in [0.15, 0.2) is 23.8 Å². The fourth-order valence-electron chi connectivity index (χ4n) is 3.80. The average molecular weight is 218 g/mol. The molecule has 2 aliphatic carbocycles. The molecule has 0 amide bonds. The number of hydrogen-bond donors (Lipinski definition) is 0. The van der Waals surface area contributed by atoms with Gasteiger partial charge in [0.15, 0.2) is 5.78 Å². The quantitative estimate of drug-likeness (QED) is 0.612. The van der Waals surface area contributed by atoms with Crippen LogP contribution in [0.25, 0.3) is 0 Å². The smallest absolute Gasteiger partial charge is 0.155 e. The molecule has 3 atom stereocenters. The largest absolute Gasteiger partial charge is 0.295 e. The van der Waals surface area contributed by atoms with Crippen molar-refractivity contribution in [2.45, 2.75) is 40.5 Å². The minimum Gasteiger partial charge on any atom is -0.295 e. The Labute approximate surface area is 98.6 Å². The Morgan fingerprint density at radius 3 is 2.69 bits per heavy atom. The zero-order valence-corrected chi connectivity index (χ0v) is 10.8. The van der Waals surface area contributed by atoms with Gasteiger partial charge in [0.05, 0.1) is 0 Å². The van der Waals surface area contributed by atoms with Crippen molar-refractivity contribution < 1.29 is 4.79 Å². The van der Waals surface area contributed by atoms with Crippen LogP contribution in [0.2, 0.25) is 0 Å². The number of ketones is 1. The fraction of sp³-hybridized carbons (Fsp3) is 0.667. The Bertz CT molecular complexity index is 362. The summed E-state index contributed by atoms with van der Waals surface area (Å²) < 4.78 is 0. The number of carbonyl (C=O) groups is 1. The summed E-state index contributed by atoms with van der Waals surface area (Å²) in [6, 6.07) is 0. The van der Waals surface area contributed by atoms with Crippen LogP contribution in [-0.2, 0) is 4.79 Å². The van der Waals surface area contributed by atoms with Crippen molar-refractivity contribution in [1.82, 2.24) is 0 Å². The van der Waals surface area contributed by atoms with Gasteiger partial charge in [0.25, 0.3) is 0 Å². The van der Waals surface area contributed by atoms with E-state index in [2.05, 4.69) is 39.8 Å². The van der Waals surface area contributed by atoms with Crippen LogP contribution < -0.4 is 0 Å². The molecular weight excluding hydrogens is 196 g/mol. The number of rotatable bonds is 1. The van der Waals surface area contributed by atoms with Crippen LogP contribution >= 0.6 is 0 Å². The Balaban J connectivity index is 2.44. The molecule has 1 nitrogen and oxygen atoms in total. The number of allylic oxidation sites excluding steroid dienone is 4. The van der Waals surface area contributed by atoms with E-state index < -0.39 is 0 Å². The molecule has 2 aliphatic rings. The van der Waals surface area contributed by atoms with Gasteiger partial charge in [-0.1, -0.05) is 38.5 Å². The molecule has 0 bridgehead atoms. The molecule has 0 fully saturated rings. The molecule has 1 heteroatoms. The normalized spacial score (nSPS) is 38.6. The first kappa shape index (κ1) is 11.6. The standard InChI is InChI=1S/C15H22O/c1-10(2)14-6-5-7-15(14)11(3)8-13(16)9-12(15)4/h5-6,8,10,12,14H,7,9H2,1-4H3. The van der Waals surface area contributed by atoms with Crippen molar-refractivity contribution in [1.29, 1.82) is 0 Å². The summed E-state index contributed by atoms with van der Waals surface area (Å²) in [5, 5.41) is 0. The van der Waals surface area contributed by atoms with E-state index >= 15 is 0 Å². The number of carbonyl (C=O) groups excluding carboxylic acids is 1. The molecular formula is C15H22O. The molecule has 0 aromatic carbocycles. The van der Waals surface area contributed by atoms with Crippen molar-refractivity contribution in [2.24, 2.45) is 23.2 Å². The van der Waals surface area contributed by atoms with Crippen LogP contribution in [0.1, 0.15) is 40.5 Å². The van der Waals surface area contributed by atoms with Gasteiger partial charge in [-0.15, -0.1) is 0 Å². The van der Waals surface area contributed by atoms with Gasteiger partial charge in [0.1, 0.15) is 0 Å².